The number of anilines is 1. The van der Waals surface area contributed by atoms with Crippen molar-refractivity contribution in [2.45, 2.75) is 86.7 Å². The average molecular weight is 896 g/mol. The van der Waals surface area contributed by atoms with Crippen molar-refractivity contribution >= 4 is 33.6 Å². The van der Waals surface area contributed by atoms with Crippen LogP contribution in [0.5, 0.6) is 0 Å². The molecule has 4 N–H and O–H groups in total. The molecular formula is C46H51F2N9O6S. The van der Waals surface area contributed by atoms with Gasteiger partial charge >= 0.3 is 6.09 Å². The molecule has 3 saturated heterocycles. The van der Waals surface area contributed by atoms with Crippen LogP contribution in [0.1, 0.15) is 110 Å². The van der Waals surface area contributed by atoms with Gasteiger partial charge in [-0.1, -0.05) is 60.7 Å². The quantitative estimate of drug-likeness (QED) is 0.0998. The molecule has 5 heterocycles. The van der Waals surface area contributed by atoms with E-state index in [-0.39, 0.29) is 35.0 Å². The normalized spacial score (nSPS) is 20.3. The lowest BCUT2D eigenvalue weighted by Gasteiger charge is -2.33. The van der Waals surface area contributed by atoms with Gasteiger partial charge in [0.15, 0.2) is 0 Å². The maximum atomic E-state index is 15.9. The topological polar surface area (TPSA) is 186 Å². The number of hydrogen-bond acceptors (Lipinski definition) is 9. The third-order valence-electron chi connectivity index (χ3n) is 12.9. The van der Waals surface area contributed by atoms with Gasteiger partial charge in [-0.15, -0.1) is 0 Å². The van der Waals surface area contributed by atoms with Gasteiger partial charge in [-0.25, -0.2) is 32.0 Å². The Morgan fingerprint density at radius 1 is 0.734 bits per heavy atom. The molecule has 2 aromatic heterocycles. The second-order valence-electron chi connectivity index (χ2n) is 17.0. The summed E-state index contributed by atoms with van der Waals surface area (Å²) in [5.41, 5.74) is 2.64. The first-order chi connectivity index (χ1) is 31.0. The van der Waals surface area contributed by atoms with Crippen molar-refractivity contribution in [3.05, 3.63) is 125 Å². The van der Waals surface area contributed by atoms with E-state index in [1.807, 2.05) is 12.1 Å². The number of ether oxygens (including phenoxy) is 1. The molecule has 64 heavy (non-hydrogen) atoms. The molecule has 3 aromatic carbocycles. The van der Waals surface area contributed by atoms with Gasteiger partial charge in [-0.3, -0.25) is 9.59 Å². The summed E-state index contributed by atoms with van der Waals surface area (Å²) in [6.45, 7) is 1.70. The van der Waals surface area contributed by atoms with E-state index in [2.05, 4.69) is 25.0 Å². The van der Waals surface area contributed by atoms with Gasteiger partial charge in [0.2, 0.25) is 15.9 Å². The van der Waals surface area contributed by atoms with E-state index in [9.17, 15) is 22.8 Å². The van der Waals surface area contributed by atoms with Crippen molar-refractivity contribution in [1.82, 2.24) is 39.8 Å². The Bertz CT molecular complexity index is 2580. The lowest BCUT2D eigenvalue weighted by Crippen LogP contribution is -2.43. The number of piperidine rings is 1. The maximum Gasteiger partial charge on any atom is 0.407 e. The number of aromatic nitrogens is 4. The smallest absolute Gasteiger partial charge is 0.407 e. The highest BCUT2D eigenvalue weighted by atomic mass is 32.2. The Kier molecular flexibility index (Phi) is 12.2. The molecule has 4 atom stereocenters. The van der Waals surface area contributed by atoms with E-state index in [0.29, 0.717) is 99.6 Å². The van der Waals surface area contributed by atoms with Crippen LogP contribution in [-0.2, 0) is 24.3 Å². The molecule has 15 nitrogen and oxygen atoms in total. The fourth-order valence-corrected chi connectivity index (χ4v) is 10.9. The summed E-state index contributed by atoms with van der Waals surface area (Å²) in [4.78, 5) is 61.3. The molecule has 3 aliphatic heterocycles. The van der Waals surface area contributed by atoms with E-state index in [1.165, 1.54) is 25.4 Å². The summed E-state index contributed by atoms with van der Waals surface area (Å²) in [5.74, 6) is -0.903. The van der Waals surface area contributed by atoms with Crippen molar-refractivity contribution < 1.29 is 36.3 Å². The maximum absolute atomic E-state index is 15.9. The number of sulfonamides is 1. The molecule has 0 spiro atoms. The number of imidazole rings is 2. The minimum absolute atomic E-state index is 0.0422. The van der Waals surface area contributed by atoms with E-state index in [1.54, 1.807) is 69.4 Å². The summed E-state index contributed by atoms with van der Waals surface area (Å²) in [6.07, 6.45) is 7.65. The minimum atomic E-state index is -3.66. The number of H-pyrrole nitrogens is 2. The van der Waals surface area contributed by atoms with Gasteiger partial charge in [0.1, 0.15) is 41.1 Å². The number of methoxy groups -OCH3 is 1. The van der Waals surface area contributed by atoms with Crippen LogP contribution in [0, 0.1) is 11.6 Å². The zero-order chi connectivity index (χ0) is 44.5. The lowest BCUT2D eigenvalue weighted by atomic mass is 9.93. The van der Waals surface area contributed by atoms with Crippen LogP contribution in [0.25, 0.3) is 11.3 Å². The summed E-state index contributed by atoms with van der Waals surface area (Å²) >= 11 is 0. The van der Waals surface area contributed by atoms with Gasteiger partial charge in [-0.2, -0.15) is 4.72 Å². The number of halogens is 2. The highest BCUT2D eigenvalue weighted by molar-refractivity contribution is 7.90. The van der Waals surface area contributed by atoms with Crippen LogP contribution in [0.4, 0.5) is 19.3 Å². The first-order valence-electron chi connectivity index (χ1n) is 21.9. The number of alkyl carbamates (subject to hydrolysis) is 1. The third-order valence-corrected chi connectivity index (χ3v) is 14.9. The van der Waals surface area contributed by atoms with Crippen molar-refractivity contribution in [2.75, 3.05) is 38.2 Å². The van der Waals surface area contributed by atoms with Gasteiger partial charge in [0, 0.05) is 49.6 Å². The first-order valence-corrected chi connectivity index (χ1v) is 23.4. The van der Waals surface area contributed by atoms with Crippen molar-refractivity contribution in [2.24, 2.45) is 0 Å². The van der Waals surface area contributed by atoms with Gasteiger partial charge < -0.3 is 34.7 Å². The predicted octanol–water partition coefficient (Wildman–Crippen LogP) is 6.71. The summed E-state index contributed by atoms with van der Waals surface area (Å²) < 4.78 is 65.4. The summed E-state index contributed by atoms with van der Waals surface area (Å²) in [7, 11) is -2.43. The molecule has 336 valence electrons. The second kappa shape index (κ2) is 18.2. The monoisotopic (exact) mass is 895 g/mol. The fraction of sp³-hybridized carbons (Fsp3) is 0.413. The van der Waals surface area contributed by atoms with E-state index in [4.69, 9.17) is 9.72 Å². The zero-order valence-electron chi connectivity index (χ0n) is 35.4. The Morgan fingerprint density at radius 3 is 1.86 bits per heavy atom. The molecule has 4 fully saturated rings. The van der Waals surface area contributed by atoms with Crippen molar-refractivity contribution in [3.63, 3.8) is 0 Å². The largest absolute Gasteiger partial charge is 0.453 e. The average Bonchev–Trinajstić information content (AvgIpc) is 3.73. The number of carbonyl (C=O) groups is 3. The number of carbonyl (C=O) groups excluding carboxylic acids is 3. The zero-order valence-corrected chi connectivity index (χ0v) is 36.2. The number of hydrogen-bond donors (Lipinski definition) is 4. The van der Waals surface area contributed by atoms with Crippen LogP contribution in [0.15, 0.2) is 85.2 Å². The first kappa shape index (κ1) is 43.1. The minimum Gasteiger partial charge on any atom is -0.453 e. The number of benzene rings is 3. The Morgan fingerprint density at radius 2 is 1.28 bits per heavy atom. The molecule has 0 unspecified atom stereocenters. The molecule has 1 saturated carbocycles. The molecule has 3 amide bonds. The highest BCUT2D eigenvalue weighted by Gasteiger charge is 2.43. The number of rotatable bonds is 13. The second-order valence-corrected chi connectivity index (χ2v) is 19.0. The molecule has 18 heteroatoms. The molecule has 0 bridgehead atoms. The van der Waals surface area contributed by atoms with E-state index < -0.39 is 51.1 Å². The number of aromatic amines is 2. The third kappa shape index (κ3) is 8.85. The summed E-state index contributed by atoms with van der Waals surface area (Å²) in [6, 6.07) is 17.6. The molecule has 0 radical (unpaired) electrons. The van der Waals surface area contributed by atoms with E-state index >= 15 is 8.78 Å². The van der Waals surface area contributed by atoms with E-state index in [0.717, 1.165) is 12.1 Å². The standard InChI is InChI=1S/C46H51F2N9O6S/c1-63-46(60)53-39(29-10-4-2-5-11-29)44(58)56-20-8-14-37(56)43-50-27-36(52-43)31-24-33(47)41(34(48)25-31)55-22-18-28(19-23-55)35-26-49-42(51-35)38-15-9-21-57(38)45(59)40(30-12-6-3-7-13-30)54-64(61,62)32-16-17-32/h2-7,10-13,24-28,32,37-40,54H,8-9,14-23H2,1H3,(H,49,51)(H,50,52)(H,53,60)/t37-,38-,39+,40+/m0/s1. The fourth-order valence-electron chi connectivity index (χ4n) is 9.43. The van der Waals surface area contributed by atoms with Gasteiger partial charge in [0.05, 0.1) is 36.3 Å². The summed E-state index contributed by atoms with van der Waals surface area (Å²) in [5, 5.41) is 2.17. The molecular weight excluding hydrogens is 845 g/mol. The number of nitrogens with one attached hydrogen (secondary N) is 4. The Hall–Kier alpha value is -6.14. The molecule has 9 rings (SSSR count). The SMILES string of the molecule is COC(=O)N[C@@H](C(=O)N1CCC[C@H]1c1ncc(-c2cc(F)c(N3CCC(c4cnc([C@@H]5CCCN5C(=O)[C@H](NS(=O)(=O)C5CC5)c5ccccc5)[nH]4)CC3)c(F)c2)[nH]1)c1ccccc1. The molecule has 1 aliphatic carbocycles. The van der Waals surface area contributed by atoms with Crippen LogP contribution < -0.4 is 14.9 Å². The highest BCUT2D eigenvalue weighted by Crippen LogP contribution is 2.39. The van der Waals surface area contributed by atoms with Crippen LogP contribution in [0.2, 0.25) is 0 Å². The Labute approximate surface area is 370 Å². The predicted molar refractivity (Wildman–Crippen MR) is 233 cm³/mol. The van der Waals surface area contributed by atoms with Crippen molar-refractivity contribution in [1.29, 1.82) is 0 Å². The number of nitrogens with zero attached hydrogens (tertiary/aromatic N) is 5. The van der Waals surface area contributed by atoms with Gasteiger partial charge in [-0.05, 0) is 74.6 Å². The number of likely N-dealkylation sites (tertiary alicyclic amines) is 2. The Balaban J connectivity index is 0.846. The van der Waals surface area contributed by atoms with Crippen LogP contribution in [0.3, 0.4) is 0 Å². The van der Waals surface area contributed by atoms with Crippen molar-refractivity contribution in [3.8, 4) is 11.3 Å². The lowest BCUT2D eigenvalue weighted by molar-refractivity contribution is -0.135. The number of amides is 3. The molecule has 4 aliphatic rings. The van der Waals surface area contributed by atoms with Gasteiger partial charge in [0.25, 0.3) is 5.91 Å². The van der Waals surface area contributed by atoms with Crippen LogP contribution >= 0.6 is 0 Å². The molecule has 5 aromatic rings. The van der Waals surface area contributed by atoms with Crippen LogP contribution in [-0.4, -0.2) is 94.6 Å².